The molecule has 0 radical (unpaired) electrons. The third-order valence-electron chi connectivity index (χ3n) is 2.66. The second-order valence-electron chi connectivity index (χ2n) is 3.83. The number of halogens is 1. The van der Waals surface area contributed by atoms with Crippen molar-refractivity contribution in [1.82, 2.24) is 0 Å². The van der Waals surface area contributed by atoms with Gasteiger partial charge < -0.3 is 10.1 Å². The van der Waals surface area contributed by atoms with Crippen LogP contribution >= 0.6 is 0 Å². The van der Waals surface area contributed by atoms with Crippen LogP contribution in [-0.4, -0.2) is 19.3 Å². The highest BCUT2D eigenvalue weighted by atomic mass is 19.1. The Morgan fingerprint density at radius 1 is 1.33 bits per heavy atom. The molecule has 3 heteroatoms. The molecule has 2 unspecified atom stereocenters. The summed E-state index contributed by atoms with van der Waals surface area (Å²) in [6.45, 7) is 5.94. The van der Waals surface area contributed by atoms with Gasteiger partial charge in [-0.1, -0.05) is 6.07 Å². The van der Waals surface area contributed by atoms with Crippen molar-refractivity contribution in [2.45, 2.75) is 32.9 Å². The number of nitrogens with one attached hydrogen (secondary N) is 1. The predicted octanol–water partition coefficient (Wildman–Crippen LogP) is 2.97. The summed E-state index contributed by atoms with van der Waals surface area (Å²) in [6, 6.07) is 4.89. The fourth-order valence-electron chi connectivity index (χ4n) is 1.32. The number of hydrogen-bond donors (Lipinski definition) is 1. The van der Waals surface area contributed by atoms with Crippen LogP contribution < -0.4 is 5.32 Å². The smallest absolute Gasteiger partial charge is 0.125 e. The van der Waals surface area contributed by atoms with Gasteiger partial charge in [-0.3, -0.25) is 0 Å². The highest BCUT2D eigenvalue weighted by Gasteiger charge is 2.11. The molecule has 84 valence electrons. The number of anilines is 1. The standard InChI is InChI=1S/C12H18FNO/c1-8-5-6-11(13)7-12(8)14-9(2)10(3)15-4/h5-7,9-10,14H,1-4H3. The molecular weight excluding hydrogens is 193 g/mol. The summed E-state index contributed by atoms with van der Waals surface area (Å²) in [4.78, 5) is 0. The minimum atomic E-state index is -0.222. The van der Waals surface area contributed by atoms with E-state index >= 15 is 0 Å². The van der Waals surface area contributed by atoms with Crippen molar-refractivity contribution >= 4 is 5.69 Å². The lowest BCUT2D eigenvalue weighted by Crippen LogP contribution is -2.29. The molecule has 1 aromatic carbocycles. The Kier molecular flexibility index (Phi) is 4.09. The first-order valence-corrected chi connectivity index (χ1v) is 5.10. The Labute approximate surface area is 90.4 Å². The van der Waals surface area contributed by atoms with Crippen molar-refractivity contribution in [2.24, 2.45) is 0 Å². The van der Waals surface area contributed by atoms with Crippen LogP contribution in [0.15, 0.2) is 18.2 Å². The molecule has 0 fully saturated rings. The van der Waals surface area contributed by atoms with Gasteiger partial charge in [0.1, 0.15) is 5.82 Å². The minimum Gasteiger partial charge on any atom is -0.380 e. The van der Waals surface area contributed by atoms with Gasteiger partial charge in [0.05, 0.1) is 6.10 Å². The first kappa shape index (κ1) is 12.0. The van der Waals surface area contributed by atoms with Gasteiger partial charge in [0.2, 0.25) is 0 Å². The Bertz CT molecular complexity index is 327. The first-order valence-electron chi connectivity index (χ1n) is 5.10. The van der Waals surface area contributed by atoms with Crippen LogP contribution in [0.5, 0.6) is 0 Å². The second-order valence-corrected chi connectivity index (χ2v) is 3.83. The van der Waals surface area contributed by atoms with E-state index in [1.54, 1.807) is 13.2 Å². The Morgan fingerprint density at radius 3 is 2.60 bits per heavy atom. The van der Waals surface area contributed by atoms with Crippen LogP contribution in [0.4, 0.5) is 10.1 Å². The Morgan fingerprint density at radius 2 is 2.00 bits per heavy atom. The zero-order chi connectivity index (χ0) is 11.4. The number of ether oxygens (including phenoxy) is 1. The van der Waals surface area contributed by atoms with Crippen molar-refractivity contribution in [2.75, 3.05) is 12.4 Å². The van der Waals surface area contributed by atoms with Crippen molar-refractivity contribution in [1.29, 1.82) is 0 Å². The van der Waals surface area contributed by atoms with Gasteiger partial charge in [-0.25, -0.2) is 4.39 Å². The summed E-state index contributed by atoms with van der Waals surface area (Å²) >= 11 is 0. The van der Waals surface area contributed by atoms with E-state index < -0.39 is 0 Å². The Balaban J connectivity index is 2.75. The molecule has 0 bridgehead atoms. The zero-order valence-electron chi connectivity index (χ0n) is 9.67. The van der Waals surface area contributed by atoms with Crippen LogP contribution in [0.3, 0.4) is 0 Å². The van der Waals surface area contributed by atoms with Gasteiger partial charge in [0.15, 0.2) is 0 Å². The highest BCUT2D eigenvalue weighted by molar-refractivity contribution is 5.51. The van der Waals surface area contributed by atoms with E-state index in [-0.39, 0.29) is 18.0 Å². The molecule has 0 saturated carbocycles. The summed E-state index contributed by atoms with van der Waals surface area (Å²) in [5.41, 5.74) is 1.86. The van der Waals surface area contributed by atoms with Crippen LogP contribution in [0.1, 0.15) is 19.4 Å². The van der Waals surface area contributed by atoms with Gasteiger partial charge in [-0.05, 0) is 38.5 Å². The Hall–Kier alpha value is -1.09. The second kappa shape index (κ2) is 5.12. The SMILES string of the molecule is COC(C)C(C)Nc1cc(F)ccc1C. The summed E-state index contributed by atoms with van der Waals surface area (Å²) in [6.07, 6.45) is 0.0904. The summed E-state index contributed by atoms with van der Waals surface area (Å²) in [5, 5.41) is 3.24. The molecule has 0 amide bonds. The van der Waals surface area contributed by atoms with Crippen LogP contribution in [-0.2, 0) is 4.74 Å². The van der Waals surface area contributed by atoms with Crippen LogP contribution in [0.2, 0.25) is 0 Å². The van der Waals surface area contributed by atoms with Gasteiger partial charge >= 0.3 is 0 Å². The molecule has 0 spiro atoms. The lowest BCUT2D eigenvalue weighted by atomic mass is 10.1. The van der Waals surface area contributed by atoms with E-state index in [0.29, 0.717) is 0 Å². The predicted molar refractivity (Wildman–Crippen MR) is 60.7 cm³/mol. The van der Waals surface area contributed by atoms with Gasteiger partial charge in [-0.2, -0.15) is 0 Å². The number of hydrogen-bond acceptors (Lipinski definition) is 2. The molecule has 2 atom stereocenters. The van der Waals surface area contributed by atoms with Crippen molar-refractivity contribution < 1.29 is 9.13 Å². The van der Waals surface area contributed by atoms with Crippen molar-refractivity contribution in [3.8, 4) is 0 Å². The van der Waals surface area contributed by atoms with Crippen LogP contribution in [0, 0.1) is 12.7 Å². The van der Waals surface area contributed by atoms with E-state index in [4.69, 9.17) is 4.74 Å². The number of methoxy groups -OCH3 is 1. The molecule has 0 heterocycles. The fraction of sp³-hybridized carbons (Fsp3) is 0.500. The molecule has 2 nitrogen and oxygen atoms in total. The molecule has 0 saturated heterocycles. The molecule has 0 aromatic heterocycles. The van der Waals surface area contributed by atoms with Gasteiger partial charge in [0.25, 0.3) is 0 Å². The number of benzene rings is 1. The van der Waals surface area contributed by atoms with Crippen molar-refractivity contribution in [3.63, 3.8) is 0 Å². The van der Waals surface area contributed by atoms with E-state index in [9.17, 15) is 4.39 Å². The number of aryl methyl sites for hydroxylation is 1. The molecule has 0 aliphatic carbocycles. The summed E-state index contributed by atoms with van der Waals surface area (Å²) < 4.78 is 18.2. The third-order valence-corrected chi connectivity index (χ3v) is 2.66. The number of rotatable bonds is 4. The average Bonchev–Trinajstić information content (AvgIpc) is 2.22. The monoisotopic (exact) mass is 211 g/mol. The topological polar surface area (TPSA) is 21.3 Å². The normalized spacial score (nSPS) is 14.7. The van der Waals surface area contributed by atoms with E-state index in [1.807, 2.05) is 20.8 Å². The molecular formula is C12H18FNO. The fourth-order valence-corrected chi connectivity index (χ4v) is 1.32. The quantitative estimate of drug-likeness (QED) is 0.826. The van der Waals surface area contributed by atoms with Crippen molar-refractivity contribution in [3.05, 3.63) is 29.6 Å². The van der Waals surface area contributed by atoms with E-state index in [2.05, 4.69) is 5.32 Å². The van der Waals surface area contributed by atoms with Gasteiger partial charge in [0, 0.05) is 18.8 Å². The van der Waals surface area contributed by atoms with Gasteiger partial charge in [-0.15, -0.1) is 0 Å². The third kappa shape index (κ3) is 3.20. The summed E-state index contributed by atoms with van der Waals surface area (Å²) in [7, 11) is 1.67. The lowest BCUT2D eigenvalue weighted by Gasteiger charge is -2.22. The molecule has 15 heavy (non-hydrogen) atoms. The first-order chi connectivity index (χ1) is 7.04. The maximum Gasteiger partial charge on any atom is 0.125 e. The lowest BCUT2D eigenvalue weighted by molar-refractivity contribution is 0.106. The zero-order valence-corrected chi connectivity index (χ0v) is 9.67. The summed E-state index contributed by atoms with van der Waals surface area (Å²) in [5.74, 6) is -0.222. The largest absolute Gasteiger partial charge is 0.380 e. The van der Waals surface area contributed by atoms with E-state index in [0.717, 1.165) is 11.3 Å². The maximum absolute atomic E-state index is 13.0. The molecule has 0 aliphatic rings. The average molecular weight is 211 g/mol. The molecule has 0 aliphatic heterocycles. The highest BCUT2D eigenvalue weighted by Crippen LogP contribution is 2.18. The van der Waals surface area contributed by atoms with Crippen LogP contribution in [0.25, 0.3) is 0 Å². The minimum absolute atomic E-state index is 0.0904. The molecule has 1 N–H and O–H groups in total. The molecule has 1 aromatic rings. The maximum atomic E-state index is 13.0. The van der Waals surface area contributed by atoms with E-state index in [1.165, 1.54) is 12.1 Å². The molecule has 1 rings (SSSR count).